The first kappa shape index (κ1) is 17.3. The number of ether oxygens (including phenoxy) is 2. The Labute approximate surface area is 150 Å². The fraction of sp³-hybridized carbons (Fsp3) is 0.263. The van der Waals surface area contributed by atoms with Crippen LogP contribution in [0.5, 0.6) is 11.5 Å². The van der Waals surface area contributed by atoms with Gasteiger partial charge in [-0.05, 0) is 17.7 Å². The van der Waals surface area contributed by atoms with Gasteiger partial charge >= 0.3 is 0 Å². The SMILES string of the molecule is O=C(CCC(=O)c1ccccc1)NCc1cc(Cl)c2c(c1)OCCO2. The molecule has 1 aliphatic rings. The van der Waals surface area contributed by atoms with Crippen LogP contribution in [-0.4, -0.2) is 24.9 Å². The largest absolute Gasteiger partial charge is 0.486 e. The number of Topliss-reactive ketones (excluding diaryl/α,β-unsaturated/α-hetero) is 1. The van der Waals surface area contributed by atoms with Gasteiger partial charge < -0.3 is 14.8 Å². The maximum Gasteiger partial charge on any atom is 0.220 e. The van der Waals surface area contributed by atoms with Crippen molar-refractivity contribution in [2.45, 2.75) is 19.4 Å². The number of fused-ring (bicyclic) bond motifs is 1. The highest BCUT2D eigenvalue weighted by molar-refractivity contribution is 6.32. The van der Waals surface area contributed by atoms with Gasteiger partial charge in [-0.1, -0.05) is 41.9 Å². The third kappa shape index (κ3) is 4.51. The number of amides is 1. The number of halogens is 1. The average molecular weight is 360 g/mol. The molecule has 6 heteroatoms. The molecule has 1 heterocycles. The molecule has 0 aliphatic carbocycles. The van der Waals surface area contributed by atoms with E-state index in [2.05, 4.69) is 5.32 Å². The topological polar surface area (TPSA) is 64.6 Å². The molecular formula is C19H18ClNO4. The Morgan fingerprint density at radius 1 is 1.04 bits per heavy atom. The lowest BCUT2D eigenvalue weighted by molar-refractivity contribution is -0.121. The van der Waals surface area contributed by atoms with Crippen molar-refractivity contribution >= 4 is 23.3 Å². The second kappa shape index (κ2) is 8.03. The van der Waals surface area contributed by atoms with Gasteiger partial charge in [0.2, 0.25) is 5.91 Å². The van der Waals surface area contributed by atoms with Crippen molar-refractivity contribution in [1.29, 1.82) is 0 Å². The van der Waals surface area contributed by atoms with Gasteiger partial charge in [-0.15, -0.1) is 0 Å². The van der Waals surface area contributed by atoms with E-state index in [-0.39, 0.29) is 24.5 Å². The Bertz CT molecular complexity index is 776. The fourth-order valence-corrected chi connectivity index (χ4v) is 2.84. The van der Waals surface area contributed by atoms with E-state index < -0.39 is 0 Å². The van der Waals surface area contributed by atoms with Crippen molar-refractivity contribution < 1.29 is 19.1 Å². The van der Waals surface area contributed by atoms with Gasteiger partial charge in [0.05, 0.1) is 5.02 Å². The maximum atomic E-state index is 12.0. The van der Waals surface area contributed by atoms with Crippen LogP contribution < -0.4 is 14.8 Å². The third-order valence-electron chi connectivity index (χ3n) is 3.82. The molecule has 0 atom stereocenters. The number of hydrogen-bond donors (Lipinski definition) is 1. The summed E-state index contributed by atoms with van der Waals surface area (Å²) in [6, 6.07) is 12.5. The van der Waals surface area contributed by atoms with Crippen molar-refractivity contribution in [2.75, 3.05) is 13.2 Å². The predicted octanol–water partition coefficient (Wildman–Crippen LogP) is 3.39. The molecule has 1 aliphatic heterocycles. The lowest BCUT2D eigenvalue weighted by atomic mass is 10.1. The summed E-state index contributed by atoms with van der Waals surface area (Å²) in [4.78, 5) is 24.0. The number of nitrogens with one attached hydrogen (secondary N) is 1. The van der Waals surface area contributed by atoms with E-state index >= 15 is 0 Å². The van der Waals surface area contributed by atoms with Crippen molar-refractivity contribution in [3.8, 4) is 11.5 Å². The highest BCUT2D eigenvalue weighted by Gasteiger charge is 2.17. The van der Waals surface area contributed by atoms with Crippen LogP contribution in [0.2, 0.25) is 5.02 Å². The molecule has 2 aromatic carbocycles. The minimum absolute atomic E-state index is 0.0434. The van der Waals surface area contributed by atoms with Gasteiger partial charge in [-0.3, -0.25) is 9.59 Å². The van der Waals surface area contributed by atoms with E-state index in [0.29, 0.717) is 41.8 Å². The molecule has 5 nitrogen and oxygen atoms in total. The minimum atomic E-state index is -0.185. The summed E-state index contributed by atoms with van der Waals surface area (Å²) >= 11 is 6.17. The van der Waals surface area contributed by atoms with E-state index in [1.54, 1.807) is 36.4 Å². The first-order chi connectivity index (χ1) is 12.1. The summed E-state index contributed by atoms with van der Waals surface area (Å²) in [5.41, 5.74) is 1.44. The second-order valence-electron chi connectivity index (χ2n) is 5.67. The van der Waals surface area contributed by atoms with Crippen LogP contribution in [0.4, 0.5) is 0 Å². The van der Waals surface area contributed by atoms with Crippen LogP contribution >= 0.6 is 11.6 Å². The van der Waals surface area contributed by atoms with Crippen LogP contribution in [0.3, 0.4) is 0 Å². The average Bonchev–Trinajstić information content (AvgIpc) is 2.65. The number of rotatable bonds is 6. The maximum absolute atomic E-state index is 12.0. The molecule has 2 aromatic rings. The zero-order valence-electron chi connectivity index (χ0n) is 13.6. The second-order valence-corrected chi connectivity index (χ2v) is 6.07. The van der Waals surface area contributed by atoms with Crippen molar-refractivity contribution in [1.82, 2.24) is 5.32 Å². The molecule has 0 saturated carbocycles. The van der Waals surface area contributed by atoms with Crippen LogP contribution in [-0.2, 0) is 11.3 Å². The molecule has 0 spiro atoms. The normalized spacial score (nSPS) is 12.5. The number of hydrogen-bond acceptors (Lipinski definition) is 4. The van der Waals surface area contributed by atoms with E-state index in [9.17, 15) is 9.59 Å². The Morgan fingerprint density at radius 2 is 1.80 bits per heavy atom. The Morgan fingerprint density at radius 3 is 2.60 bits per heavy atom. The van der Waals surface area contributed by atoms with Crippen molar-refractivity contribution in [3.63, 3.8) is 0 Å². The van der Waals surface area contributed by atoms with E-state index in [1.807, 2.05) is 6.07 Å². The number of carbonyl (C=O) groups excluding carboxylic acids is 2. The number of ketones is 1. The summed E-state index contributed by atoms with van der Waals surface area (Å²) in [6.45, 7) is 1.26. The minimum Gasteiger partial charge on any atom is -0.486 e. The van der Waals surface area contributed by atoms with Crippen LogP contribution in [0.25, 0.3) is 0 Å². The Hall–Kier alpha value is -2.53. The smallest absolute Gasteiger partial charge is 0.220 e. The van der Waals surface area contributed by atoms with Crippen LogP contribution in [0.15, 0.2) is 42.5 Å². The van der Waals surface area contributed by atoms with Gasteiger partial charge in [-0.25, -0.2) is 0 Å². The number of carbonyl (C=O) groups is 2. The molecule has 1 amide bonds. The number of benzene rings is 2. The third-order valence-corrected chi connectivity index (χ3v) is 4.10. The summed E-state index contributed by atoms with van der Waals surface area (Å²) in [5.74, 6) is 0.895. The molecule has 0 saturated heterocycles. The molecule has 0 fully saturated rings. The molecule has 3 rings (SSSR count). The summed E-state index contributed by atoms with van der Waals surface area (Å²) < 4.78 is 11.0. The fourth-order valence-electron chi connectivity index (χ4n) is 2.55. The summed E-state index contributed by atoms with van der Waals surface area (Å²) in [6.07, 6.45) is 0.323. The molecule has 0 radical (unpaired) electrons. The first-order valence-corrected chi connectivity index (χ1v) is 8.44. The Kier molecular flexibility index (Phi) is 5.56. The molecular weight excluding hydrogens is 342 g/mol. The van der Waals surface area contributed by atoms with Crippen molar-refractivity contribution in [2.24, 2.45) is 0 Å². The molecule has 1 N–H and O–H groups in total. The zero-order chi connectivity index (χ0) is 17.6. The molecule has 0 bridgehead atoms. The van der Waals surface area contributed by atoms with Gasteiger partial charge in [0.15, 0.2) is 17.3 Å². The lowest BCUT2D eigenvalue weighted by Gasteiger charge is -2.20. The molecule has 0 unspecified atom stereocenters. The van der Waals surface area contributed by atoms with Gasteiger partial charge in [0.1, 0.15) is 13.2 Å². The van der Waals surface area contributed by atoms with Crippen molar-refractivity contribution in [3.05, 3.63) is 58.6 Å². The predicted molar refractivity (Wildman–Crippen MR) is 94.3 cm³/mol. The lowest BCUT2D eigenvalue weighted by Crippen LogP contribution is -2.23. The standard InChI is InChI=1S/C19H18ClNO4/c20-15-10-13(11-17-19(15)25-9-8-24-17)12-21-18(23)7-6-16(22)14-4-2-1-3-5-14/h1-5,10-11H,6-9,12H2,(H,21,23). The molecule has 130 valence electrons. The van der Waals surface area contributed by atoms with Gasteiger partial charge in [0.25, 0.3) is 0 Å². The van der Waals surface area contributed by atoms with Gasteiger partial charge in [0, 0.05) is 24.9 Å². The van der Waals surface area contributed by atoms with E-state index in [4.69, 9.17) is 21.1 Å². The summed E-state index contributed by atoms with van der Waals surface area (Å²) in [7, 11) is 0. The van der Waals surface area contributed by atoms with Gasteiger partial charge in [-0.2, -0.15) is 0 Å². The molecule has 0 aromatic heterocycles. The monoisotopic (exact) mass is 359 g/mol. The van der Waals surface area contributed by atoms with Crippen LogP contribution in [0, 0.1) is 0 Å². The highest BCUT2D eigenvalue weighted by Crippen LogP contribution is 2.38. The zero-order valence-corrected chi connectivity index (χ0v) is 14.3. The van der Waals surface area contributed by atoms with E-state index in [1.165, 1.54) is 0 Å². The van der Waals surface area contributed by atoms with E-state index in [0.717, 1.165) is 5.56 Å². The highest BCUT2D eigenvalue weighted by atomic mass is 35.5. The first-order valence-electron chi connectivity index (χ1n) is 8.06. The Balaban J connectivity index is 1.51. The quantitative estimate of drug-likeness (QED) is 0.803. The molecule has 25 heavy (non-hydrogen) atoms. The summed E-state index contributed by atoms with van der Waals surface area (Å²) in [5, 5.41) is 3.25. The van der Waals surface area contributed by atoms with Crippen LogP contribution in [0.1, 0.15) is 28.8 Å².